The predicted octanol–water partition coefficient (Wildman–Crippen LogP) is 2.57. The third-order valence-corrected chi connectivity index (χ3v) is 6.26. The molecule has 27 heavy (non-hydrogen) atoms. The highest BCUT2D eigenvalue weighted by Crippen LogP contribution is 2.42. The molecule has 0 saturated carbocycles. The van der Waals surface area contributed by atoms with Crippen molar-refractivity contribution in [2.24, 2.45) is 0 Å². The van der Waals surface area contributed by atoms with Gasteiger partial charge in [0, 0.05) is 30.1 Å². The molecule has 0 aliphatic carbocycles. The quantitative estimate of drug-likeness (QED) is 0.756. The Morgan fingerprint density at radius 3 is 2.37 bits per heavy atom. The summed E-state index contributed by atoms with van der Waals surface area (Å²) in [6.45, 7) is 0.0340. The maximum absolute atomic E-state index is 13.1. The number of hydrogen-bond donors (Lipinski definition) is 1. The highest BCUT2D eigenvalue weighted by Gasteiger charge is 2.35. The van der Waals surface area contributed by atoms with E-state index in [9.17, 15) is 13.2 Å². The molecule has 0 unspecified atom stereocenters. The van der Waals surface area contributed by atoms with Crippen molar-refractivity contribution in [2.45, 2.75) is 11.4 Å². The molecule has 7 heteroatoms. The van der Waals surface area contributed by atoms with E-state index < -0.39 is 10.0 Å². The van der Waals surface area contributed by atoms with Gasteiger partial charge < -0.3 is 5.32 Å². The standard InChI is InChI=1S/C20H17N3O3S/c24-20(22-13-15-9-11-21-12-10-15)14-23-18-7-3-1-5-16(18)17-6-2-4-8-19(17)27(23,25)26/h1-12H,13-14H2,(H,22,24). The Kier molecular flexibility index (Phi) is 4.37. The molecule has 0 fully saturated rings. The van der Waals surface area contributed by atoms with E-state index in [1.807, 2.05) is 18.2 Å². The number of rotatable bonds is 4. The number of anilines is 1. The summed E-state index contributed by atoms with van der Waals surface area (Å²) >= 11 is 0. The van der Waals surface area contributed by atoms with Crippen LogP contribution in [0.2, 0.25) is 0 Å². The van der Waals surface area contributed by atoms with Crippen LogP contribution in [0.15, 0.2) is 78.0 Å². The van der Waals surface area contributed by atoms with E-state index in [4.69, 9.17) is 0 Å². The molecule has 0 bridgehead atoms. The molecule has 1 amide bonds. The lowest BCUT2D eigenvalue weighted by atomic mass is 10.0. The van der Waals surface area contributed by atoms with Crippen molar-refractivity contribution in [3.05, 3.63) is 78.6 Å². The van der Waals surface area contributed by atoms with E-state index in [1.165, 1.54) is 4.31 Å². The largest absolute Gasteiger partial charge is 0.350 e. The fourth-order valence-electron chi connectivity index (χ4n) is 3.14. The Morgan fingerprint density at radius 2 is 1.59 bits per heavy atom. The third-order valence-electron chi connectivity index (χ3n) is 4.44. The van der Waals surface area contributed by atoms with Gasteiger partial charge in [0.25, 0.3) is 10.0 Å². The number of carbonyl (C=O) groups excluding carboxylic acids is 1. The fraction of sp³-hybridized carbons (Fsp3) is 0.100. The molecule has 0 atom stereocenters. The van der Waals surface area contributed by atoms with E-state index in [0.717, 1.165) is 11.1 Å². The summed E-state index contributed by atoms with van der Waals surface area (Å²) in [6.07, 6.45) is 3.29. The summed E-state index contributed by atoms with van der Waals surface area (Å²) in [6, 6.07) is 17.7. The number of aromatic nitrogens is 1. The Balaban J connectivity index is 1.63. The number of benzene rings is 2. The van der Waals surface area contributed by atoms with Gasteiger partial charge in [-0.05, 0) is 29.8 Å². The molecule has 1 aromatic heterocycles. The molecule has 3 aromatic rings. The maximum Gasteiger partial charge on any atom is 0.265 e. The molecule has 6 nitrogen and oxygen atoms in total. The van der Waals surface area contributed by atoms with Crippen molar-refractivity contribution in [3.8, 4) is 11.1 Å². The average molecular weight is 379 g/mol. The number of hydrogen-bond acceptors (Lipinski definition) is 4. The van der Waals surface area contributed by atoms with Crippen LogP contribution in [0.5, 0.6) is 0 Å². The molecule has 0 saturated heterocycles. The molecular formula is C20H17N3O3S. The summed E-state index contributed by atoms with van der Waals surface area (Å²) in [5.74, 6) is -0.371. The van der Waals surface area contributed by atoms with Crippen LogP contribution in [-0.2, 0) is 21.4 Å². The summed E-state index contributed by atoms with van der Waals surface area (Å²) in [7, 11) is -3.81. The smallest absolute Gasteiger partial charge is 0.265 e. The molecule has 0 radical (unpaired) electrons. The van der Waals surface area contributed by atoms with Gasteiger partial charge in [-0.1, -0.05) is 36.4 Å². The monoisotopic (exact) mass is 379 g/mol. The van der Waals surface area contributed by atoms with E-state index in [2.05, 4.69) is 10.3 Å². The molecular weight excluding hydrogens is 362 g/mol. The van der Waals surface area contributed by atoms with Gasteiger partial charge in [0.05, 0.1) is 10.6 Å². The molecule has 1 N–H and O–H groups in total. The molecule has 1 aliphatic heterocycles. The van der Waals surface area contributed by atoms with Crippen LogP contribution in [0.25, 0.3) is 11.1 Å². The van der Waals surface area contributed by atoms with Crippen molar-refractivity contribution >= 4 is 21.6 Å². The first-order valence-corrected chi connectivity index (χ1v) is 9.88. The Hall–Kier alpha value is -3.19. The maximum atomic E-state index is 13.1. The molecule has 1 aliphatic rings. The highest BCUT2D eigenvalue weighted by atomic mass is 32.2. The molecule has 0 spiro atoms. The van der Waals surface area contributed by atoms with Crippen LogP contribution in [0.3, 0.4) is 0 Å². The van der Waals surface area contributed by atoms with Crippen LogP contribution in [0, 0.1) is 0 Å². The van der Waals surface area contributed by atoms with Crippen LogP contribution in [-0.4, -0.2) is 25.9 Å². The SMILES string of the molecule is O=C(CN1c2ccccc2-c2ccccc2S1(=O)=O)NCc1ccncc1. The lowest BCUT2D eigenvalue weighted by Gasteiger charge is -2.31. The second-order valence-electron chi connectivity index (χ2n) is 6.16. The molecule has 2 heterocycles. The van der Waals surface area contributed by atoms with Gasteiger partial charge in [-0.3, -0.25) is 14.1 Å². The predicted molar refractivity (Wildman–Crippen MR) is 102 cm³/mol. The van der Waals surface area contributed by atoms with E-state index >= 15 is 0 Å². The third kappa shape index (κ3) is 3.17. The number of pyridine rings is 1. The van der Waals surface area contributed by atoms with Crippen molar-refractivity contribution in [3.63, 3.8) is 0 Å². The van der Waals surface area contributed by atoms with Crippen molar-refractivity contribution in [2.75, 3.05) is 10.8 Å². The average Bonchev–Trinajstić information content (AvgIpc) is 2.70. The van der Waals surface area contributed by atoms with Gasteiger partial charge >= 0.3 is 0 Å². The molecule has 4 rings (SSSR count). The van der Waals surface area contributed by atoms with Crippen LogP contribution < -0.4 is 9.62 Å². The van der Waals surface area contributed by atoms with Crippen LogP contribution >= 0.6 is 0 Å². The van der Waals surface area contributed by atoms with E-state index in [-0.39, 0.29) is 17.3 Å². The number of para-hydroxylation sites is 1. The first-order chi connectivity index (χ1) is 13.1. The number of fused-ring (bicyclic) bond motifs is 3. The topological polar surface area (TPSA) is 79.4 Å². The van der Waals surface area contributed by atoms with Crippen LogP contribution in [0.4, 0.5) is 5.69 Å². The van der Waals surface area contributed by atoms with Gasteiger partial charge in [-0.15, -0.1) is 0 Å². The van der Waals surface area contributed by atoms with Crippen LogP contribution in [0.1, 0.15) is 5.56 Å². The Labute approximate surface area is 157 Å². The van der Waals surface area contributed by atoms with E-state index in [0.29, 0.717) is 17.8 Å². The normalized spacial score (nSPS) is 14.1. The zero-order chi connectivity index (χ0) is 18.9. The first-order valence-electron chi connectivity index (χ1n) is 8.44. The molecule has 2 aromatic carbocycles. The van der Waals surface area contributed by atoms with Crippen molar-refractivity contribution < 1.29 is 13.2 Å². The minimum absolute atomic E-state index is 0.214. The lowest BCUT2D eigenvalue weighted by molar-refractivity contribution is -0.119. The summed E-state index contributed by atoms with van der Waals surface area (Å²) in [5.41, 5.74) is 2.85. The van der Waals surface area contributed by atoms with Gasteiger partial charge in [-0.2, -0.15) is 0 Å². The first kappa shape index (κ1) is 17.2. The summed E-state index contributed by atoms with van der Waals surface area (Å²) in [5, 5.41) is 2.77. The fourth-order valence-corrected chi connectivity index (χ4v) is 4.79. The van der Waals surface area contributed by atoms with Crippen molar-refractivity contribution in [1.29, 1.82) is 0 Å². The highest BCUT2D eigenvalue weighted by molar-refractivity contribution is 7.93. The zero-order valence-corrected chi connectivity index (χ0v) is 15.2. The second kappa shape index (κ2) is 6.85. The van der Waals surface area contributed by atoms with Gasteiger partial charge in [0.15, 0.2) is 0 Å². The molecule has 136 valence electrons. The number of carbonyl (C=O) groups is 1. The number of sulfonamides is 1. The summed E-state index contributed by atoms with van der Waals surface area (Å²) in [4.78, 5) is 16.6. The van der Waals surface area contributed by atoms with Crippen molar-refractivity contribution in [1.82, 2.24) is 10.3 Å². The number of nitrogens with zero attached hydrogens (tertiary/aromatic N) is 2. The second-order valence-corrected chi connectivity index (χ2v) is 7.99. The van der Waals surface area contributed by atoms with E-state index in [1.54, 1.807) is 54.9 Å². The zero-order valence-electron chi connectivity index (χ0n) is 14.4. The van der Waals surface area contributed by atoms with Gasteiger partial charge in [0.1, 0.15) is 6.54 Å². The Bertz CT molecular complexity index is 1100. The minimum Gasteiger partial charge on any atom is -0.350 e. The van der Waals surface area contributed by atoms with Gasteiger partial charge in [-0.25, -0.2) is 8.42 Å². The number of nitrogens with one attached hydrogen (secondary N) is 1. The minimum atomic E-state index is -3.81. The lowest BCUT2D eigenvalue weighted by Crippen LogP contribution is -2.42. The number of amides is 1. The summed E-state index contributed by atoms with van der Waals surface area (Å²) < 4.78 is 27.4. The van der Waals surface area contributed by atoms with Gasteiger partial charge in [0.2, 0.25) is 5.91 Å². The Morgan fingerprint density at radius 1 is 0.926 bits per heavy atom.